The zero-order valence-corrected chi connectivity index (χ0v) is 13.6. The van der Waals surface area contributed by atoms with Crippen LogP contribution in [0.5, 0.6) is 0 Å². The number of benzene rings is 2. The summed E-state index contributed by atoms with van der Waals surface area (Å²) in [6, 6.07) is 11.9. The lowest BCUT2D eigenvalue weighted by molar-refractivity contribution is -0.130. The highest BCUT2D eigenvalue weighted by molar-refractivity contribution is 6.08. The maximum Gasteiger partial charge on any atom is 0.237 e. The number of hydrogen-bond acceptors (Lipinski definition) is 2. The average Bonchev–Trinajstić information content (AvgIpc) is 2.94. The summed E-state index contributed by atoms with van der Waals surface area (Å²) >= 11 is 0. The highest BCUT2D eigenvalue weighted by Crippen LogP contribution is 2.31. The normalized spacial score (nSPS) is 19.9. The number of nitrogens with one attached hydrogen (secondary N) is 2. The van der Waals surface area contributed by atoms with Gasteiger partial charge in [-0.25, -0.2) is 4.39 Å². The molecule has 1 saturated heterocycles. The van der Waals surface area contributed by atoms with Crippen molar-refractivity contribution >= 4 is 17.5 Å². The molecule has 1 aliphatic heterocycles. The second kappa shape index (κ2) is 6.43. The first-order valence-corrected chi connectivity index (χ1v) is 7.87. The molecule has 0 aliphatic carbocycles. The maximum absolute atomic E-state index is 13.7. The van der Waals surface area contributed by atoms with E-state index in [1.54, 1.807) is 12.1 Å². The lowest BCUT2D eigenvalue weighted by atomic mass is 9.86. The molecule has 0 saturated carbocycles. The molecule has 2 aromatic carbocycles. The summed E-state index contributed by atoms with van der Waals surface area (Å²) in [6.07, 6.45) is 0. The molecule has 4 nitrogen and oxygen atoms in total. The van der Waals surface area contributed by atoms with Crippen LogP contribution in [-0.2, 0) is 9.59 Å². The zero-order chi connectivity index (χ0) is 17.3. The van der Waals surface area contributed by atoms with Crippen LogP contribution in [0.1, 0.15) is 22.6 Å². The summed E-state index contributed by atoms with van der Waals surface area (Å²) in [5.41, 5.74) is 3.29. The summed E-state index contributed by atoms with van der Waals surface area (Å²) in [5.74, 6) is -2.47. The van der Waals surface area contributed by atoms with Gasteiger partial charge in [0.2, 0.25) is 11.8 Å². The van der Waals surface area contributed by atoms with E-state index in [9.17, 15) is 14.0 Å². The van der Waals surface area contributed by atoms with Crippen molar-refractivity contribution in [1.82, 2.24) is 5.32 Å². The Morgan fingerprint density at radius 3 is 2.62 bits per heavy atom. The van der Waals surface area contributed by atoms with Gasteiger partial charge in [0.15, 0.2) is 0 Å². The predicted molar refractivity (Wildman–Crippen MR) is 90.2 cm³/mol. The Bertz CT molecular complexity index is 804. The van der Waals surface area contributed by atoms with Gasteiger partial charge in [-0.1, -0.05) is 30.3 Å². The second-order valence-electron chi connectivity index (χ2n) is 6.14. The van der Waals surface area contributed by atoms with Crippen molar-refractivity contribution in [3.8, 4) is 0 Å². The van der Waals surface area contributed by atoms with Crippen molar-refractivity contribution in [2.45, 2.75) is 19.8 Å². The lowest BCUT2D eigenvalue weighted by Gasteiger charge is -2.18. The highest BCUT2D eigenvalue weighted by atomic mass is 19.1. The van der Waals surface area contributed by atoms with Crippen LogP contribution in [0.4, 0.5) is 10.1 Å². The Morgan fingerprint density at radius 1 is 1.17 bits per heavy atom. The fourth-order valence-corrected chi connectivity index (χ4v) is 3.00. The molecule has 0 aromatic heterocycles. The van der Waals surface area contributed by atoms with Crippen molar-refractivity contribution < 1.29 is 14.0 Å². The SMILES string of the molecule is Cc1ccc([C@H]2CNC(=O)[C@@H]2C(=O)Nc2ccccc2F)cc1C. The number of carbonyl (C=O) groups excluding carboxylic acids is 2. The minimum atomic E-state index is -0.869. The molecular formula is C19H19FN2O2. The second-order valence-corrected chi connectivity index (χ2v) is 6.14. The smallest absolute Gasteiger partial charge is 0.237 e. The molecular weight excluding hydrogens is 307 g/mol. The van der Waals surface area contributed by atoms with Gasteiger partial charge >= 0.3 is 0 Å². The Kier molecular flexibility index (Phi) is 4.34. The fourth-order valence-electron chi connectivity index (χ4n) is 3.00. The minimum Gasteiger partial charge on any atom is -0.355 e. The number of anilines is 1. The van der Waals surface area contributed by atoms with Crippen LogP contribution in [0.25, 0.3) is 0 Å². The van der Waals surface area contributed by atoms with Gasteiger partial charge in [-0.05, 0) is 42.7 Å². The van der Waals surface area contributed by atoms with E-state index in [0.29, 0.717) is 6.54 Å². The van der Waals surface area contributed by atoms with Gasteiger partial charge in [-0.3, -0.25) is 9.59 Å². The number of aryl methyl sites for hydroxylation is 2. The maximum atomic E-state index is 13.7. The monoisotopic (exact) mass is 326 g/mol. The average molecular weight is 326 g/mol. The molecule has 5 heteroatoms. The van der Waals surface area contributed by atoms with Gasteiger partial charge in [0, 0.05) is 12.5 Å². The van der Waals surface area contributed by atoms with Crippen molar-refractivity contribution in [3.05, 3.63) is 65.0 Å². The summed E-state index contributed by atoms with van der Waals surface area (Å²) in [7, 11) is 0. The van der Waals surface area contributed by atoms with Gasteiger partial charge < -0.3 is 10.6 Å². The van der Waals surface area contributed by atoms with Crippen LogP contribution >= 0.6 is 0 Å². The third-order valence-corrected chi connectivity index (χ3v) is 4.55. The van der Waals surface area contributed by atoms with E-state index in [1.807, 2.05) is 32.0 Å². The van der Waals surface area contributed by atoms with Gasteiger partial charge in [0.05, 0.1) is 5.69 Å². The van der Waals surface area contributed by atoms with Crippen LogP contribution in [0.2, 0.25) is 0 Å². The van der Waals surface area contributed by atoms with Crippen LogP contribution in [0, 0.1) is 25.6 Å². The van der Waals surface area contributed by atoms with E-state index in [-0.39, 0.29) is 17.5 Å². The van der Waals surface area contributed by atoms with Crippen LogP contribution in [0.15, 0.2) is 42.5 Å². The number of rotatable bonds is 3. The van der Waals surface area contributed by atoms with Crippen molar-refractivity contribution in [3.63, 3.8) is 0 Å². The number of carbonyl (C=O) groups is 2. The van der Waals surface area contributed by atoms with E-state index in [4.69, 9.17) is 0 Å². The first kappa shape index (κ1) is 16.2. The number of para-hydroxylation sites is 1. The first-order valence-electron chi connectivity index (χ1n) is 7.87. The van der Waals surface area contributed by atoms with Crippen LogP contribution in [0.3, 0.4) is 0 Å². The summed E-state index contributed by atoms with van der Waals surface area (Å²) in [4.78, 5) is 24.7. The molecule has 2 atom stereocenters. The summed E-state index contributed by atoms with van der Waals surface area (Å²) in [5, 5.41) is 5.27. The van der Waals surface area contributed by atoms with Crippen LogP contribution in [-0.4, -0.2) is 18.4 Å². The third-order valence-electron chi connectivity index (χ3n) is 4.55. The molecule has 2 N–H and O–H groups in total. The van der Waals surface area contributed by atoms with Crippen LogP contribution < -0.4 is 10.6 Å². The lowest BCUT2D eigenvalue weighted by Crippen LogP contribution is -2.32. The quantitative estimate of drug-likeness (QED) is 0.852. The number of halogens is 1. The number of hydrogen-bond donors (Lipinski definition) is 2. The zero-order valence-electron chi connectivity index (χ0n) is 13.6. The molecule has 124 valence electrons. The van der Waals surface area contributed by atoms with Gasteiger partial charge in [-0.15, -0.1) is 0 Å². The fraction of sp³-hybridized carbons (Fsp3) is 0.263. The van der Waals surface area contributed by atoms with E-state index in [0.717, 1.165) is 16.7 Å². The summed E-state index contributed by atoms with van der Waals surface area (Å²) < 4.78 is 13.7. The molecule has 0 bridgehead atoms. The van der Waals surface area contributed by atoms with Crippen molar-refractivity contribution in [2.24, 2.45) is 5.92 Å². The molecule has 0 radical (unpaired) electrons. The molecule has 1 fully saturated rings. The Balaban J connectivity index is 1.86. The first-order chi connectivity index (χ1) is 11.5. The molecule has 3 rings (SSSR count). The molecule has 24 heavy (non-hydrogen) atoms. The van der Waals surface area contributed by atoms with Gasteiger partial charge in [0.1, 0.15) is 11.7 Å². The van der Waals surface area contributed by atoms with E-state index < -0.39 is 17.6 Å². The number of amides is 2. The van der Waals surface area contributed by atoms with Gasteiger partial charge in [0.25, 0.3) is 0 Å². The predicted octanol–water partition coefficient (Wildman–Crippen LogP) is 2.91. The third kappa shape index (κ3) is 3.02. The Labute approximate surface area is 140 Å². The Hall–Kier alpha value is -2.69. The standard InChI is InChI=1S/C19H19FN2O2/c1-11-7-8-13(9-12(11)2)14-10-21-18(23)17(14)19(24)22-16-6-4-3-5-15(16)20/h3-9,14,17H,10H2,1-2H3,(H,21,23)(H,22,24)/t14-,17-/m1/s1. The Morgan fingerprint density at radius 2 is 1.92 bits per heavy atom. The van der Waals surface area contributed by atoms with E-state index >= 15 is 0 Å². The topological polar surface area (TPSA) is 58.2 Å². The minimum absolute atomic E-state index is 0.0843. The molecule has 1 aliphatic rings. The molecule has 0 spiro atoms. The molecule has 0 unspecified atom stereocenters. The largest absolute Gasteiger partial charge is 0.355 e. The van der Waals surface area contributed by atoms with Crippen molar-refractivity contribution in [1.29, 1.82) is 0 Å². The van der Waals surface area contributed by atoms with E-state index in [2.05, 4.69) is 10.6 Å². The van der Waals surface area contributed by atoms with E-state index in [1.165, 1.54) is 12.1 Å². The summed E-state index contributed by atoms with van der Waals surface area (Å²) in [6.45, 7) is 4.41. The molecule has 2 amide bonds. The molecule has 2 aromatic rings. The highest BCUT2D eigenvalue weighted by Gasteiger charge is 2.41. The van der Waals surface area contributed by atoms with Gasteiger partial charge in [-0.2, -0.15) is 0 Å². The molecule has 1 heterocycles. The van der Waals surface area contributed by atoms with Crippen molar-refractivity contribution in [2.75, 3.05) is 11.9 Å².